The van der Waals surface area contributed by atoms with Gasteiger partial charge >= 0.3 is 5.97 Å². The van der Waals surface area contributed by atoms with Crippen molar-refractivity contribution >= 4 is 5.97 Å². The van der Waals surface area contributed by atoms with Gasteiger partial charge in [0.2, 0.25) is 0 Å². The molecule has 1 aliphatic rings. The first-order valence-electron chi connectivity index (χ1n) is 6.64. The summed E-state index contributed by atoms with van der Waals surface area (Å²) in [4.78, 5) is 11.3. The second kappa shape index (κ2) is 5.89. The first-order valence-corrected chi connectivity index (χ1v) is 6.64. The zero-order valence-corrected chi connectivity index (χ0v) is 10.6. The quantitative estimate of drug-likeness (QED) is 0.784. The van der Waals surface area contributed by atoms with E-state index in [1.165, 1.54) is 0 Å². The Bertz CT molecular complexity index is 380. The molecule has 0 radical (unpaired) electrons. The van der Waals surface area contributed by atoms with Crippen LogP contribution >= 0.6 is 0 Å². The van der Waals surface area contributed by atoms with Crippen molar-refractivity contribution in [3.63, 3.8) is 0 Å². The summed E-state index contributed by atoms with van der Waals surface area (Å²) in [6.45, 7) is 0.596. The zero-order chi connectivity index (χ0) is 12.8. The first-order chi connectivity index (χ1) is 8.73. The van der Waals surface area contributed by atoms with Gasteiger partial charge in [0.15, 0.2) is 0 Å². The maximum Gasteiger partial charge on any atom is 0.309 e. The molecule has 0 spiro atoms. The molecule has 1 aliphatic carbocycles. The monoisotopic (exact) mass is 248 g/mol. The van der Waals surface area contributed by atoms with Crippen LogP contribution in [0.15, 0.2) is 30.3 Å². The Morgan fingerprint density at radius 3 is 2.50 bits per heavy atom. The summed E-state index contributed by atoms with van der Waals surface area (Å²) in [5.74, 6) is 0.230. The molecule has 1 N–H and O–H groups in total. The third kappa shape index (κ3) is 3.03. The third-order valence-electron chi connectivity index (χ3n) is 3.83. The van der Waals surface area contributed by atoms with Crippen LogP contribution in [0.25, 0.3) is 0 Å². The predicted molar refractivity (Wildman–Crippen MR) is 69.7 cm³/mol. The van der Waals surface area contributed by atoms with Crippen molar-refractivity contribution in [1.82, 2.24) is 0 Å². The number of carboxylic acid groups (broad SMARTS) is 1. The van der Waals surface area contributed by atoms with E-state index in [-0.39, 0.29) is 0 Å². The highest BCUT2D eigenvalue weighted by atomic mass is 16.5. The number of hydrogen-bond acceptors (Lipinski definition) is 2. The van der Waals surface area contributed by atoms with Gasteiger partial charge in [-0.1, -0.05) is 31.0 Å². The molecule has 0 saturated heterocycles. The first kappa shape index (κ1) is 12.9. The summed E-state index contributed by atoms with van der Waals surface area (Å²) in [5, 5.41) is 9.34. The fourth-order valence-corrected chi connectivity index (χ4v) is 2.74. The van der Waals surface area contributed by atoms with Crippen molar-refractivity contribution < 1.29 is 14.6 Å². The van der Waals surface area contributed by atoms with Crippen molar-refractivity contribution in [2.45, 2.75) is 38.5 Å². The van der Waals surface area contributed by atoms with Crippen LogP contribution in [0.5, 0.6) is 5.75 Å². The largest absolute Gasteiger partial charge is 0.494 e. The van der Waals surface area contributed by atoms with Crippen LogP contribution in [0.4, 0.5) is 0 Å². The lowest BCUT2D eigenvalue weighted by Crippen LogP contribution is -2.28. The van der Waals surface area contributed by atoms with E-state index in [4.69, 9.17) is 4.74 Å². The Morgan fingerprint density at radius 2 is 1.89 bits per heavy atom. The van der Waals surface area contributed by atoms with E-state index < -0.39 is 11.4 Å². The lowest BCUT2D eigenvalue weighted by Gasteiger charge is -2.23. The average Bonchev–Trinajstić information content (AvgIpc) is 2.86. The predicted octanol–water partition coefficient (Wildman–Crippen LogP) is 3.49. The maximum atomic E-state index is 11.3. The Balaban J connectivity index is 1.76. The Kier molecular flexibility index (Phi) is 4.24. The summed E-state index contributed by atoms with van der Waals surface area (Å²) in [5.41, 5.74) is -0.472. The normalized spacial score (nSPS) is 17.6. The number of rotatable bonds is 6. The summed E-state index contributed by atoms with van der Waals surface area (Å²) in [6.07, 6.45) is 5.29. The van der Waals surface area contributed by atoms with E-state index in [0.717, 1.165) is 44.3 Å². The molecule has 1 saturated carbocycles. The molecule has 3 nitrogen and oxygen atoms in total. The molecule has 0 aliphatic heterocycles. The highest BCUT2D eigenvalue weighted by Crippen LogP contribution is 2.42. The molecule has 1 aromatic rings. The smallest absolute Gasteiger partial charge is 0.309 e. The molecule has 18 heavy (non-hydrogen) atoms. The fraction of sp³-hybridized carbons (Fsp3) is 0.533. The Hall–Kier alpha value is -1.51. The standard InChI is InChI=1S/C15H20O3/c16-14(17)15(9-4-5-10-15)11-6-12-18-13-7-2-1-3-8-13/h1-3,7-8H,4-6,9-12H2,(H,16,17). The molecule has 0 aromatic heterocycles. The van der Waals surface area contributed by atoms with E-state index in [9.17, 15) is 9.90 Å². The van der Waals surface area contributed by atoms with Gasteiger partial charge in [0.25, 0.3) is 0 Å². The van der Waals surface area contributed by atoms with Crippen molar-refractivity contribution in [3.8, 4) is 5.75 Å². The number of carbonyl (C=O) groups is 1. The van der Waals surface area contributed by atoms with Crippen molar-refractivity contribution in [3.05, 3.63) is 30.3 Å². The van der Waals surface area contributed by atoms with Crippen LogP contribution < -0.4 is 4.74 Å². The van der Waals surface area contributed by atoms with Crippen LogP contribution in [0.1, 0.15) is 38.5 Å². The number of carboxylic acids is 1. The van der Waals surface area contributed by atoms with E-state index in [1.54, 1.807) is 0 Å². The molecule has 98 valence electrons. The van der Waals surface area contributed by atoms with Gasteiger partial charge in [-0.2, -0.15) is 0 Å². The van der Waals surface area contributed by atoms with E-state index in [1.807, 2.05) is 30.3 Å². The number of ether oxygens (including phenoxy) is 1. The zero-order valence-electron chi connectivity index (χ0n) is 10.6. The fourth-order valence-electron chi connectivity index (χ4n) is 2.74. The van der Waals surface area contributed by atoms with Crippen LogP contribution in [0.3, 0.4) is 0 Å². The van der Waals surface area contributed by atoms with Gasteiger partial charge in [0.05, 0.1) is 12.0 Å². The molecule has 0 unspecified atom stereocenters. The second-order valence-electron chi connectivity index (χ2n) is 5.06. The highest BCUT2D eigenvalue weighted by Gasteiger charge is 2.40. The van der Waals surface area contributed by atoms with E-state index >= 15 is 0 Å². The molecule has 0 amide bonds. The summed E-state index contributed by atoms with van der Waals surface area (Å²) < 4.78 is 5.60. The molecule has 0 atom stereocenters. The van der Waals surface area contributed by atoms with E-state index in [0.29, 0.717) is 6.61 Å². The van der Waals surface area contributed by atoms with E-state index in [2.05, 4.69) is 0 Å². The Labute approximate surface area is 108 Å². The topological polar surface area (TPSA) is 46.5 Å². The van der Waals surface area contributed by atoms with Crippen molar-refractivity contribution in [1.29, 1.82) is 0 Å². The third-order valence-corrected chi connectivity index (χ3v) is 3.83. The van der Waals surface area contributed by atoms with Crippen molar-refractivity contribution in [2.24, 2.45) is 5.41 Å². The van der Waals surface area contributed by atoms with Gasteiger partial charge in [0, 0.05) is 0 Å². The number of para-hydroxylation sites is 1. The van der Waals surface area contributed by atoms with Gasteiger partial charge < -0.3 is 9.84 Å². The molecular weight excluding hydrogens is 228 g/mol. The maximum absolute atomic E-state index is 11.3. The van der Waals surface area contributed by atoms with Crippen LogP contribution in [0.2, 0.25) is 0 Å². The van der Waals surface area contributed by atoms with Gasteiger partial charge in [-0.05, 0) is 37.8 Å². The number of hydrogen-bond donors (Lipinski definition) is 1. The number of benzene rings is 1. The van der Waals surface area contributed by atoms with Crippen LogP contribution in [0, 0.1) is 5.41 Å². The molecule has 2 rings (SSSR count). The minimum atomic E-state index is -0.625. The highest BCUT2D eigenvalue weighted by molar-refractivity contribution is 5.74. The Morgan fingerprint density at radius 1 is 1.22 bits per heavy atom. The summed E-state index contributed by atoms with van der Waals surface area (Å²) in [6, 6.07) is 9.66. The minimum absolute atomic E-state index is 0.472. The molecule has 1 aromatic carbocycles. The lowest BCUT2D eigenvalue weighted by molar-refractivity contribution is -0.149. The molecule has 0 heterocycles. The number of aliphatic carboxylic acids is 1. The van der Waals surface area contributed by atoms with Gasteiger partial charge in [0.1, 0.15) is 5.75 Å². The van der Waals surface area contributed by atoms with Crippen molar-refractivity contribution in [2.75, 3.05) is 6.61 Å². The molecule has 1 fully saturated rings. The minimum Gasteiger partial charge on any atom is -0.494 e. The molecule has 0 bridgehead atoms. The van der Waals surface area contributed by atoms with Gasteiger partial charge in [-0.15, -0.1) is 0 Å². The molecule has 3 heteroatoms. The lowest BCUT2D eigenvalue weighted by atomic mass is 9.82. The second-order valence-corrected chi connectivity index (χ2v) is 5.06. The average molecular weight is 248 g/mol. The van der Waals surface area contributed by atoms with Crippen LogP contribution in [-0.2, 0) is 4.79 Å². The van der Waals surface area contributed by atoms with Gasteiger partial charge in [-0.25, -0.2) is 0 Å². The SMILES string of the molecule is O=C(O)C1(CCCOc2ccccc2)CCCC1. The summed E-state index contributed by atoms with van der Waals surface area (Å²) >= 11 is 0. The van der Waals surface area contributed by atoms with Gasteiger partial charge in [-0.3, -0.25) is 4.79 Å². The molecular formula is C15H20O3. The van der Waals surface area contributed by atoms with Crippen LogP contribution in [-0.4, -0.2) is 17.7 Å². The summed E-state index contributed by atoms with van der Waals surface area (Å²) in [7, 11) is 0.